The first-order chi connectivity index (χ1) is 7.31. The van der Waals surface area contributed by atoms with E-state index in [2.05, 4.69) is 17.4 Å². The van der Waals surface area contributed by atoms with Crippen LogP contribution in [0.5, 0.6) is 0 Å². The van der Waals surface area contributed by atoms with Crippen molar-refractivity contribution in [3.05, 3.63) is 35.9 Å². The third-order valence-corrected chi connectivity index (χ3v) is 2.89. The summed E-state index contributed by atoms with van der Waals surface area (Å²) in [4.78, 5) is 11.3. The number of carbonyl (C=O) groups excluding carboxylic acids is 1. The minimum absolute atomic E-state index is 0.139. The molecule has 1 N–H and O–H groups in total. The fourth-order valence-corrected chi connectivity index (χ4v) is 2.04. The SMILES string of the molecule is COC(=O)[C@@H]1C[C@@H](c2ccccc2)CN1. The smallest absolute Gasteiger partial charge is 0.322 e. The number of nitrogens with one attached hydrogen (secondary N) is 1. The Hall–Kier alpha value is -1.35. The Morgan fingerprint density at radius 1 is 1.40 bits per heavy atom. The Morgan fingerprint density at radius 2 is 2.13 bits per heavy atom. The number of carbonyl (C=O) groups is 1. The number of methoxy groups -OCH3 is 1. The van der Waals surface area contributed by atoms with E-state index in [0.29, 0.717) is 5.92 Å². The summed E-state index contributed by atoms with van der Waals surface area (Å²) < 4.78 is 4.72. The molecule has 0 aromatic heterocycles. The average molecular weight is 205 g/mol. The highest BCUT2D eigenvalue weighted by molar-refractivity contribution is 5.76. The van der Waals surface area contributed by atoms with Crippen molar-refractivity contribution >= 4 is 5.97 Å². The second-order valence-electron chi connectivity index (χ2n) is 3.83. The van der Waals surface area contributed by atoms with Gasteiger partial charge in [0.2, 0.25) is 0 Å². The van der Waals surface area contributed by atoms with Crippen molar-refractivity contribution in [2.75, 3.05) is 13.7 Å². The first-order valence-electron chi connectivity index (χ1n) is 5.17. The summed E-state index contributed by atoms with van der Waals surface area (Å²) in [5.41, 5.74) is 1.29. The van der Waals surface area contributed by atoms with Gasteiger partial charge in [-0.05, 0) is 17.9 Å². The predicted octanol–water partition coefficient (Wildman–Crippen LogP) is 1.31. The number of rotatable bonds is 2. The van der Waals surface area contributed by atoms with Crippen LogP contribution in [0.25, 0.3) is 0 Å². The summed E-state index contributed by atoms with van der Waals surface area (Å²) in [6.07, 6.45) is 0.830. The van der Waals surface area contributed by atoms with Crippen LogP contribution < -0.4 is 5.32 Å². The maximum atomic E-state index is 11.3. The van der Waals surface area contributed by atoms with Crippen LogP contribution in [0, 0.1) is 0 Å². The van der Waals surface area contributed by atoms with Gasteiger partial charge < -0.3 is 10.1 Å². The molecule has 1 aromatic carbocycles. The van der Waals surface area contributed by atoms with Gasteiger partial charge in [0.15, 0.2) is 0 Å². The summed E-state index contributed by atoms with van der Waals surface area (Å²) in [5, 5.41) is 3.18. The van der Waals surface area contributed by atoms with Crippen LogP contribution in [0.2, 0.25) is 0 Å². The molecule has 0 amide bonds. The van der Waals surface area contributed by atoms with Crippen molar-refractivity contribution in [2.24, 2.45) is 0 Å². The molecule has 0 bridgehead atoms. The van der Waals surface area contributed by atoms with Crippen molar-refractivity contribution in [1.82, 2.24) is 5.32 Å². The summed E-state index contributed by atoms with van der Waals surface area (Å²) in [6.45, 7) is 0.851. The van der Waals surface area contributed by atoms with E-state index >= 15 is 0 Å². The molecule has 1 aromatic rings. The number of esters is 1. The van der Waals surface area contributed by atoms with Gasteiger partial charge in [0.25, 0.3) is 0 Å². The Bertz CT molecular complexity index is 337. The maximum Gasteiger partial charge on any atom is 0.322 e. The predicted molar refractivity (Wildman–Crippen MR) is 57.6 cm³/mol. The van der Waals surface area contributed by atoms with E-state index < -0.39 is 0 Å². The zero-order chi connectivity index (χ0) is 10.7. The van der Waals surface area contributed by atoms with Gasteiger partial charge in [-0.25, -0.2) is 0 Å². The zero-order valence-corrected chi connectivity index (χ0v) is 8.77. The van der Waals surface area contributed by atoms with Crippen LogP contribution in [0.4, 0.5) is 0 Å². The fraction of sp³-hybridized carbons (Fsp3) is 0.417. The molecule has 3 nitrogen and oxygen atoms in total. The first-order valence-corrected chi connectivity index (χ1v) is 5.17. The summed E-state index contributed by atoms with van der Waals surface area (Å²) in [6, 6.07) is 10.1. The van der Waals surface area contributed by atoms with Crippen LogP contribution in [0.3, 0.4) is 0 Å². The van der Waals surface area contributed by atoms with E-state index in [4.69, 9.17) is 4.74 Å². The minimum Gasteiger partial charge on any atom is -0.468 e. The Morgan fingerprint density at radius 3 is 2.80 bits per heavy atom. The largest absolute Gasteiger partial charge is 0.468 e. The molecule has 0 unspecified atom stereocenters. The summed E-state index contributed by atoms with van der Waals surface area (Å²) in [5.74, 6) is 0.267. The van der Waals surface area contributed by atoms with E-state index in [9.17, 15) is 4.79 Å². The molecule has 80 valence electrons. The normalized spacial score (nSPS) is 25.1. The van der Waals surface area contributed by atoms with Crippen molar-refractivity contribution < 1.29 is 9.53 Å². The van der Waals surface area contributed by atoms with Crippen LogP contribution in [-0.4, -0.2) is 25.7 Å². The molecular formula is C12H15NO2. The third-order valence-electron chi connectivity index (χ3n) is 2.89. The standard InChI is InChI=1S/C12H15NO2/c1-15-12(14)11-7-10(8-13-11)9-5-3-2-4-6-9/h2-6,10-11,13H,7-8H2,1H3/t10-,11+/m1/s1. The minimum atomic E-state index is -0.159. The van der Waals surface area contributed by atoms with Crippen molar-refractivity contribution in [3.8, 4) is 0 Å². The quantitative estimate of drug-likeness (QED) is 0.740. The zero-order valence-electron chi connectivity index (χ0n) is 8.77. The molecule has 15 heavy (non-hydrogen) atoms. The second-order valence-corrected chi connectivity index (χ2v) is 3.83. The van der Waals surface area contributed by atoms with Crippen LogP contribution in [0.15, 0.2) is 30.3 Å². The van der Waals surface area contributed by atoms with Crippen molar-refractivity contribution in [2.45, 2.75) is 18.4 Å². The molecule has 1 aliphatic rings. The number of ether oxygens (including phenoxy) is 1. The molecule has 1 aliphatic heterocycles. The average Bonchev–Trinajstić information content (AvgIpc) is 2.78. The third kappa shape index (κ3) is 2.18. The van der Waals surface area contributed by atoms with E-state index in [0.717, 1.165) is 13.0 Å². The Balaban J connectivity index is 2.02. The number of hydrogen-bond donors (Lipinski definition) is 1. The second kappa shape index (κ2) is 4.45. The highest BCUT2D eigenvalue weighted by Crippen LogP contribution is 2.25. The van der Waals surface area contributed by atoms with Gasteiger partial charge in [-0.3, -0.25) is 4.79 Å². The highest BCUT2D eigenvalue weighted by atomic mass is 16.5. The van der Waals surface area contributed by atoms with Gasteiger partial charge in [-0.1, -0.05) is 30.3 Å². The van der Waals surface area contributed by atoms with Gasteiger partial charge in [-0.2, -0.15) is 0 Å². The van der Waals surface area contributed by atoms with Gasteiger partial charge in [-0.15, -0.1) is 0 Å². The molecule has 1 heterocycles. The molecule has 2 atom stereocenters. The van der Waals surface area contributed by atoms with E-state index in [1.807, 2.05) is 18.2 Å². The molecule has 0 saturated carbocycles. The maximum absolute atomic E-state index is 11.3. The van der Waals surface area contributed by atoms with Crippen LogP contribution in [-0.2, 0) is 9.53 Å². The van der Waals surface area contributed by atoms with Crippen LogP contribution in [0.1, 0.15) is 17.9 Å². The van der Waals surface area contributed by atoms with Crippen molar-refractivity contribution in [3.63, 3.8) is 0 Å². The summed E-state index contributed by atoms with van der Waals surface area (Å²) >= 11 is 0. The topological polar surface area (TPSA) is 38.3 Å². The molecule has 0 aliphatic carbocycles. The lowest BCUT2D eigenvalue weighted by molar-refractivity contribution is -0.142. The molecule has 1 fully saturated rings. The molecule has 2 rings (SSSR count). The molecule has 1 saturated heterocycles. The van der Waals surface area contributed by atoms with E-state index in [-0.39, 0.29) is 12.0 Å². The molecule has 0 spiro atoms. The van der Waals surface area contributed by atoms with Gasteiger partial charge in [0.05, 0.1) is 7.11 Å². The van der Waals surface area contributed by atoms with Gasteiger partial charge in [0, 0.05) is 6.54 Å². The lowest BCUT2D eigenvalue weighted by Crippen LogP contribution is -2.31. The lowest BCUT2D eigenvalue weighted by Gasteiger charge is -2.08. The number of hydrogen-bond acceptors (Lipinski definition) is 3. The molecule has 0 radical (unpaired) electrons. The highest BCUT2D eigenvalue weighted by Gasteiger charge is 2.30. The van der Waals surface area contributed by atoms with Gasteiger partial charge >= 0.3 is 5.97 Å². The first kappa shape index (κ1) is 10.2. The van der Waals surface area contributed by atoms with Crippen LogP contribution >= 0.6 is 0 Å². The Kier molecular flexibility index (Phi) is 3.02. The Labute approximate surface area is 89.4 Å². The monoisotopic (exact) mass is 205 g/mol. The summed E-state index contributed by atoms with van der Waals surface area (Å²) in [7, 11) is 1.43. The lowest BCUT2D eigenvalue weighted by atomic mass is 9.96. The fourth-order valence-electron chi connectivity index (χ4n) is 2.04. The molecular weight excluding hydrogens is 190 g/mol. The van der Waals surface area contributed by atoms with E-state index in [1.165, 1.54) is 12.7 Å². The van der Waals surface area contributed by atoms with Gasteiger partial charge in [0.1, 0.15) is 6.04 Å². The van der Waals surface area contributed by atoms with E-state index in [1.54, 1.807) is 0 Å². The van der Waals surface area contributed by atoms with Crippen molar-refractivity contribution in [1.29, 1.82) is 0 Å². The number of benzene rings is 1. The molecule has 3 heteroatoms.